The van der Waals surface area contributed by atoms with E-state index in [9.17, 15) is 4.39 Å². The number of hydrogen-bond donors (Lipinski definition) is 2. The molecule has 0 aliphatic carbocycles. The molecule has 5 nitrogen and oxygen atoms in total. The van der Waals surface area contributed by atoms with Crippen LogP contribution in [0.3, 0.4) is 0 Å². The van der Waals surface area contributed by atoms with Crippen LogP contribution in [-0.2, 0) is 0 Å². The molecule has 0 bridgehead atoms. The van der Waals surface area contributed by atoms with Crippen LogP contribution in [0.5, 0.6) is 0 Å². The smallest absolute Gasteiger partial charge is 0.223 e. The minimum Gasteiger partial charge on any atom is -0.351 e. The van der Waals surface area contributed by atoms with Crippen molar-refractivity contribution in [3.8, 4) is 11.3 Å². The van der Waals surface area contributed by atoms with E-state index in [2.05, 4.69) is 25.6 Å². The highest BCUT2D eigenvalue weighted by Gasteiger charge is 2.15. The molecular weight excluding hydrogens is 257 g/mol. The molecule has 3 heterocycles. The lowest BCUT2D eigenvalue weighted by atomic mass is 10.1. The number of aromatic nitrogens is 3. The summed E-state index contributed by atoms with van der Waals surface area (Å²) in [6, 6.07) is 3.88. The molecule has 2 N–H and O–H groups in total. The topological polar surface area (TPSA) is 62.7 Å². The minimum atomic E-state index is -0.436. The normalized spacial score (nSPS) is 16.1. The molecule has 3 rings (SSSR count). The van der Waals surface area contributed by atoms with Crippen LogP contribution < -0.4 is 10.6 Å². The molecule has 20 heavy (non-hydrogen) atoms. The first kappa shape index (κ1) is 12.9. The molecule has 0 aromatic carbocycles. The summed E-state index contributed by atoms with van der Waals surface area (Å²) in [5.74, 6) is 0.0333. The number of hydrogen-bond acceptors (Lipinski definition) is 5. The van der Waals surface area contributed by atoms with E-state index < -0.39 is 5.82 Å². The zero-order valence-electron chi connectivity index (χ0n) is 11.0. The fourth-order valence-electron chi connectivity index (χ4n) is 2.29. The fraction of sp³-hybridized carbons (Fsp3) is 0.357. The maximum absolute atomic E-state index is 13.8. The zero-order valence-corrected chi connectivity index (χ0v) is 11.0. The van der Waals surface area contributed by atoms with Crippen molar-refractivity contribution < 1.29 is 4.39 Å². The number of rotatable bonds is 3. The second-order valence-electron chi connectivity index (χ2n) is 4.80. The molecule has 2 aromatic heterocycles. The maximum Gasteiger partial charge on any atom is 0.223 e. The van der Waals surface area contributed by atoms with Gasteiger partial charge >= 0.3 is 0 Å². The molecule has 0 saturated carbocycles. The molecule has 0 atom stereocenters. The van der Waals surface area contributed by atoms with E-state index in [0.29, 0.717) is 17.6 Å². The molecule has 1 saturated heterocycles. The summed E-state index contributed by atoms with van der Waals surface area (Å²) >= 11 is 0. The van der Waals surface area contributed by atoms with E-state index in [1.54, 1.807) is 24.5 Å². The van der Waals surface area contributed by atoms with Crippen molar-refractivity contribution in [2.75, 3.05) is 18.4 Å². The minimum absolute atomic E-state index is 0.282. The van der Waals surface area contributed by atoms with Crippen molar-refractivity contribution in [3.05, 3.63) is 36.5 Å². The van der Waals surface area contributed by atoms with E-state index in [1.807, 2.05) is 0 Å². The van der Waals surface area contributed by atoms with E-state index in [4.69, 9.17) is 0 Å². The van der Waals surface area contributed by atoms with Crippen LogP contribution in [0.1, 0.15) is 12.8 Å². The van der Waals surface area contributed by atoms with E-state index >= 15 is 0 Å². The second kappa shape index (κ2) is 5.92. The van der Waals surface area contributed by atoms with Crippen molar-refractivity contribution in [1.82, 2.24) is 20.3 Å². The first-order valence-corrected chi connectivity index (χ1v) is 6.73. The molecule has 0 radical (unpaired) electrons. The summed E-state index contributed by atoms with van der Waals surface area (Å²) in [7, 11) is 0. The molecular formula is C14H16FN5. The zero-order chi connectivity index (χ0) is 13.8. The highest BCUT2D eigenvalue weighted by atomic mass is 19.1. The molecule has 2 aromatic rings. The SMILES string of the molecule is Fc1cnc(NC2CCNCC2)nc1-c1cccnc1. The van der Waals surface area contributed by atoms with Gasteiger partial charge in [-0.1, -0.05) is 0 Å². The number of nitrogens with zero attached hydrogens (tertiary/aromatic N) is 3. The lowest BCUT2D eigenvalue weighted by Gasteiger charge is -2.23. The van der Waals surface area contributed by atoms with Crippen molar-refractivity contribution in [2.45, 2.75) is 18.9 Å². The third-order valence-electron chi connectivity index (χ3n) is 3.35. The third kappa shape index (κ3) is 2.91. The van der Waals surface area contributed by atoms with E-state index in [1.165, 1.54) is 6.20 Å². The Morgan fingerprint density at radius 3 is 2.85 bits per heavy atom. The van der Waals surface area contributed by atoms with Gasteiger partial charge in [0.15, 0.2) is 5.82 Å². The molecule has 1 aliphatic heterocycles. The Morgan fingerprint density at radius 2 is 2.10 bits per heavy atom. The van der Waals surface area contributed by atoms with Crippen LogP contribution in [0, 0.1) is 5.82 Å². The Labute approximate surface area is 116 Å². The van der Waals surface area contributed by atoms with Gasteiger partial charge in [-0.05, 0) is 38.1 Å². The van der Waals surface area contributed by atoms with Gasteiger partial charge in [-0.25, -0.2) is 14.4 Å². The van der Waals surface area contributed by atoms with Gasteiger partial charge in [-0.3, -0.25) is 4.98 Å². The lowest BCUT2D eigenvalue weighted by molar-refractivity contribution is 0.477. The molecule has 1 aliphatic rings. The van der Waals surface area contributed by atoms with Crippen LogP contribution in [0.25, 0.3) is 11.3 Å². The quantitative estimate of drug-likeness (QED) is 0.893. The van der Waals surface area contributed by atoms with Crippen LogP contribution >= 0.6 is 0 Å². The number of nitrogens with one attached hydrogen (secondary N) is 2. The summed E-state index contributed by atoms with van der Waals surface area (Å²) in [5, 5.41) is 6.57. The van der Waals surface area contributed by atoms with Crippen molar-refractivity contribution in [1.29, 1.82) is 0 Å². The number of piperidine rings is 1. The Hall–Kier alpha value is -2.08. The van der Waals surface area contributed by atoms with Gasteiger partial charge in [-0.2, -0.15) is 0 Å². The average molecular weight is 273 g/mol. The Bertz CT molecular complexity index is 569. The van der Waals surface area contributed by atoms with Gasteiger partial charge < -0.3 is 10.6 Å². The summed E-state index contributed by atoms with van der Waals surface area (Å²) in [5.41, 5.74) is 0.935. The Morgan fingerprint density at radius 1 is 1.25 bits per heavy atom. The predicted octanol–water partition coefficient (Wildman–Crippen LogP) is 1.84. The molecule has 6 heteroatoms. The van der Waals surface area contributed by atoms with Crippen LogP contribution in [0.15, 0.2) is 30.7 Å². The molecule has 0 amide bonds. The van der Waals surface area contributed by atoms with E-state index in [0.717, 1.165) is 25.9 Å². The number of anilines is 1. The Balaban J connectivity index is 1.83. The van der Waals surface area contributed by atoms with Crippen LogP contribution in [0.4, 0.5) is 10.3 Å². The van der Waals surface area contributed by atoms with Gasteiger partial charge in [0.1, 0.15) is 5.69 Å². The summed E-state index contributed by atoms with van der Waals surface area (Å²) in [6.45, 7) is 1.96. The van der Waals surface area contributed by atoms with Gasteiger partial charge in [0.25, 0.3) is 0 Å². The summed E-state index contributed by atoms with van der Waals surface area (Å²) in [6.07, 6.45) is 6.49. The standard InChI is InChI=1S/C14H16FN5/c15-12-9-18-14(19-11-3-6-16-7-4-11)20-13(12)10-2-1-5-17-8-10/h1-2,5,8-9,11,16H,3-4,6-7H2,(H,18,19,20). The lowest BCUT2D eigenvalue weighted by Crippen LogP contribution is -2.35. The van der Waals surface area contributed by atoms with Gasteiger partial charge in [0, 0.05) is 24.0 Å². The van der Waals surface area contributed by atoms with Crippen molar-refractivity contribution in [2.24, 2.45) is 0 Å². The maximum atomic E-state index is 13.8. The third-order valence-corrected chi connectivity index (χ3v) is 3.35. The number of halogens is 1. The van der Waals surface area contributed by atoms with Crippen molar-refractivity contribution in [3.63, 3.8) is 0 Å². The molecule has 1 fully saturated rings. The molecule has 104 valence electrons. The molecule has 0 spiro atoms. The van der Waals surface area contributed by atoms with E-state index in [-0.39, 0.29) is 5.69 Å². The summed E-state index contributed by atoms with van der Waals surface area (Å²) < 4.78 is 13.8. The summed E-state index contributed by atoms with van der Waals surface area (Å²) in [4.78, 5) is 12.3. The molecule has 0 unspecified atom stereocenters. The first-order valence-electron chi connectivity index (χ1n) is 6.73. The Kier molecular flexibility index (Phi) is 3.83. The fourth-order valence-corrected chi connectivity index (χ4v) is 2.29. The first-order chi connectivity index (χ1) is 9.83. The second-order valence-corrected chi connectivity index (χ2v) is 4.80. The highest BCUT2D eigenvalue weighted by molar-refractivity contribution is 5.59. The van der Waals surface area contributed by atoms with Crippen molar-refractivity contribution >= 4 is 5.95 Å². The van der Waals surface area contributed by atoms with Gasteiger partial charge in [0.2, 0.25) is 5.95 Å². The largest absolute Gasteiger partial charge is 0.351 e. The average Bonchev–Trinajstić information content (AvgIpc) is 2.51. The predicted molar refractivity (Wildman–Crippen MR) is 74.7 cm³/mol. The van der Waals surface area contributed by atoms with Gasteiger partial charge in [0.05, 0.1) is 6.20 Å². The monoisotopic (exact) mass is 273 g/mol. The van der Waals surface area contributed by atoms with Crippen LogP contribution in [-0.4, -0.2) is 34.1 Å². The highest BCUT2D eigenvalue weighted by Crippen LogP contribution is 2.20. The van der Waals surface area contributed by atoms with Gasteiger partial charge in [-0.15, -0.1) is 0 Å². The number of pyridine rings is 1. The van der Waals surface area contributed by atoms with Crippen LogP contribution in [0.2, 0.25) is 0 Å².